The van der Waals surface area contributed by atoms with Crippen molar-refractivity contribution in [3.05, 3.63) is 29.6 Å². The van der Waals surface area contributed by atoms with Crippen molar-refractivity contribution in [1.29, 1.82) is 0 Å². The van der Waals surface area contributed by atoms with Gasteiger partial charge >= 0.3 is 6.09 Å². The molecule has 0 aromatic heterocycles. The molecule has 1 atom stereocenters. The van der Waals surface area contributed by atoms with Crippen LogP contribution in [-0.2, 0) is 16.6 Å². The Hall–Kier alpha value is -1.47. The number of thiol groups is 1. The Morgan fingerprint density at radius 2 is 2.12 bits per heavy atom. The van der Waals surface area contributed by atoms with Gasteiger partial charge in [-0.25, -0.2) is 17.7 Å². The molecule has 1 saturated carbocycles. The zero-order valence-electron chi connectivity index (χ0n) is 15.2. The SMILES string of the molecule is COC(=O)Nc1cc([C@H](CCC2CC2)N([SH]=O)C(C)(C)C)ccc1F. The maximum Gasteiger partial charge on any atom is 0.411 e. The molecule has 1 amide bonds. The van der Waals surface area contributed by atoms with Crippen LogP contribution in [0, 0.1) is 11.7 Å². The molecule has 1 aromatic carbocycles. The van der Waals surface area contributed by atoms with E-state index in [0.29, 0.717) is 0 Å². The maximum atomic E-state index is 14.0. The lowest BCUT2D eigenvalue weighted by Crippen LogP contribution is -2.41. The van der Waals surface area contributed by atoms with E-state index in [0.717, 1.165) is 24.3 Å². The van der Waals surface area contributed by atoms with E-state index in [-0.39, 0.29) is 29.1 Å². The fourth-order valence-electron chi connectivity index (χ4n) is 2.88. The van der Waals surface area contributed by atoms with Crippen molar-refractivity contribution >= 4 is 23.6 Å². The molecule has 1 aliphatic carbocycles. The fraction of sp³-hybridized carbons (Fsp3) is 0.611. The summed E-state index contributed by atoms with van der Waals surface area (Å²) in [7, 11) is 1.23. The molecule has 0 unspecified atom stereocenters. The third-order valence-corrected chi connectivity index (χ3v) is 5.47. The van der Waals surface area contributed by atoms with E-state index in [9.17, 15) is 13.4 Å². The maximum absolute atomic E-state index is 14.0. The molecule has 0 spiro atoms. The third kappa shape index (κ3) is 5.51. The van der Waals surface area contributed by atoms with Gasteiger partial charge in [-0.15, -0.1) is 0 Å². The first kappa shape index (κ1) is 19.8. The van der Waals surface area contributed by atoms with Gasteiger partial charge in [-0.05, 0) is 57.2 Å². The van der Waals surface area contributed by atoms with E-state index in [4.69, 9.17) is 0 Å². The van der Waals surface area contributed by atoms with Crippen LogP contribution in [0.2, 0.25) is 0 Å². The number of carbonyl (C=O) groups is 1. The largest absolute Gasteiger partial charge is 0.453 e. The molecule has 140 valence electrons. The van der Waals surface area contributed by atoms with E-state index < -0.39 is 11.9 Å². The Bertz CT molecular complexity index is 629. The molecule has 7 heteroatoms. The van der Waals surface area contributed by atoms with Crippen molar-refractivity contribution in [3.63, 3.8) is 0 Å². The predicted octanol–water partition coefficient (Wildman–Crippen LogP) is 4.20. The van der Waals surface area contributed by atoms with Gasteiger partial charge in [0.2, 0.25) is 0 Å². The molecule has 1 aliphatic rings. The van der Waals surface area contributed by atoms with Crippen LogP contribution in [0.4, 0.5) is 14.9 Å². The Morgan fingerprint density at radius 1 is 1.44 bits per heavy atom. The van der Waals surface area contributed by atoms with Crippen LogP contribution in [0.15, 0.2) is 18.2 Å². The van der Waals surface area contributed by atoms with Crippen molar-refractivity contribution in [2.75, 3.05) is 12.4 Å². The van der Waals surface area contributed by atoms with Crippen LogP contribution in [0.1, 0.15) is 58.1 Å². The Morgan fingerprint density at radius 3 is 2.64 bits per heavy atom. The lowest BCUT2D eigenvalue weighted by molar-refractivity contribution is 0.186. The van der Waals surface area contributed by atoms with Gasteiger partial charge in [-0.3, -0.25) is 5.32 Å². The van der Waals surface area contributed by atoms with Gasteiger partial charge in [-0.2, -0.15) is 0 Å². The quantitative estimate of drug-likeness (QED) is 0.708. The summed E-state index contributed by atoms with van der Waals surface area (Å²) in [5.74, 6) is 0.206. The molecule has 0 bridgehead atoms. The number of hydrogen-bond acceptors (Lipinski definition) is 3. The van der Waals surface area contributed by atoms with Crippen molar-refractivity contribution in [2.45, 2.75) is 58.0 Å². The Kier molecular flexibility index (Phi) is 6.57. The molecule has 0 radical (unpaired) electrons. The smallest absolute Gasteiger partial charge is 0.411 e. The summed E-state index contributed by atoms with van der Waals surface area (Å²) in [4.78, 5) is 11.4. The second-order valence-corrected chi connectivity index (χ2v) is 8.08. The number of ether oxygens (including phenoxy) is 1. The molecule has 0 saturated heterocycles. The zero-order valence-corrected chi connectivity index (χ0v) is 16.1. The molecule has 1 aromatic rings. The summed E-state index contributed by atoms with van der Waals surface area (Å²) < 4.78 is 32.3. The van der Waals surface area contributed by atoms with Crippen LogP contribution in [-0.4, -0.2) is 27.3 Å². The molecule has 2 rings (SSSR count). The number of hydrogen-bond donors (Lipinski definition) is 2. The van der Waals surface area contributed by atoms with Crippen molar-refractivity contribution in [2.24, 2.45) is 5.92 Å². The van der Waals surface area contributed by atoms with Gasteiger partial charge in [0, 0.05) is 11.6 Å². The van der Waals surface area contributed by atoms with Gasteiger partial charge in [0.1, 0.15) is 5.82 Å². The molecule has 0 heterocycles. The highest BCUT2D eigenvalue weighted by atomic mass is 32.2. The molecule has 5 nitrogen and oxygen atoms in total. The topological polar surface area (TPSA) is 58.6 Å². The first-order chi connectivity index (χ1) is 11.8. The Labute approximate surface area is 152 Å². The zero-order chi connectivity index (χ0) is 18.6. The summed E-state index contributed by atoms with van der Waals surface area (Å²) >= 11 is -0.0723. The highest BCUT2D eigenvalue weighted by molar-refractivity contribution is 7.63. The minimum Gasteiger partial charge on any atom is -0.453 e. The number of anilines is 1. The van der Waals surface area contributed by atoms with Gasteiger partial charge in [-0.1, -0.05) is 18.9 Å². The van der Waals surface area contributed by atoms with Gasteiger partial charge in [0.25, 0.3) is 0 Å². The standard InChI is InChI=1S/C18H27FN2O3S/c1-18(2,3)21(25-23)16(10-7-12-5-6-12)13-8-9-14(19)15(11-13)20-17(22)24-4/h8-9,11-12,16,25H,5-7,10H2,1-4H3,(H,20,22)/t16-/m0/s1. The highest BCUT2D eigenvalue weighted by Gasteiger charge is 2.32. The minimum atomic E-state index is -0.722. The van der Waals surface area contributed by atoms with Crippen LogP contribution in [0.3, 0.4) is 0 Å². The number of nitrogens with one attached hydrogen (secondary N) is 1. The molecular weight excluding hydrogens is 343 g/mol. The monoisotopic (exact) mass is 370 g/mol. The van der Waals surface area contributed by atoms with Crippen LogP contribution in [0.5, 0.6) is 0 Å². The van der Waals surface area contributed by atoms with Crippen LogP contribution in [0.25, 0.3) is 0 Å². The normalized spacial score (nSPS) is 15.9. The molecule has 1 N–H and O–H groups in total. The molecular formula is C18H27FN2O3S. The van der Waals surface area contributed by atoms with Crippen molar-refractivity contribution < 1.29 is 18.1 Å². The second-order valence-electron chi connectivity index (χ2n) is 7.49. The van der Waals surface area contributed by atoms with E-state index >= 15 is 0 Å². The molecule has 25 heavy (non-hydrogen) atoms. The minimum absolute atomic E-state index is 0.0668. The number of methoxy groups -OCH3 is 1. The van der Waals surface area contributed by atoms with E-state index in [1.54, 1.807) is 12.1 Å². The number of rotatable bonds is 7. The number of benzene rings is 1. The Balaban J connectivity index is 2.32. The lowest BCUT2D eigenvalue weighted by Gasteiger charge is -2.37. The first-order valence-corrected chi connectivity index (χ1v) is 9.29. The summed E-state index contributed by atoms with van der Waals surface area (Å²) in [5.41, 5.74) is 0.575. The van der Waals surface area contributed by atoms with Gasteiger partial charge < -0.3 is 4.74 Å². The summed E-state index contributed by atoms with van der Waals surface area (Å²) in [6, 6.07) is 4.50. The average Bonchev–Trinajstić information content (AvgIpc) is 3.36. The van der Waals surface area contributed by atoms with E-state index in [2.05, 4.69) is 10.1 Å². The van der Waals surface area contributed by atoms with Crippen molar-refractivity contribution in [1.82, 2.24) is 4.31 Å². The third-order valence-electron chi connectivity index (χ3n) is 4.41. The first-order valence-electron chi connectivity index (χ1n) is 8.53. The predicted molar refractivity (Wildman–Crippen MR) is 98.3 cm³/mol. The summed E-state index contributed by atoms with van der Waals surface area (Å²) in [5, 5.41) is 2.39. The molecule has 1 fully saturated rings. The van der Waals surface area contributed by atoms with Crippen molar-refractivity contribution in [3.8, 4) is 0 Å². The molecule has 0 aliphatic heterocycles. The van der Waals surface area contributed by atoms with Gasteiger partial charge in [0.15, 0.2) is 0 Å². The number of carbonyl (C=O) groups excluding carboxylic acids is 1. The number of nitrogens with zero attached hydrogens (tertiary/aromatic N) is 1. The van der Waals surface area contributed by atoms with Crippen LogP contribution < -0.4 is 5.32 Å². The summed E-state index contributed by atoms with van der Waals surface area (Å²) in [6.45, 7) is 6.00. The number of halogens is 1. The average molecular weight is 370 g/mol. The highest BCUT2D eigenvalue weighted by Crippen LogP contribution is 2.39. The second kappa shape index (κ2) is 8.27. The van der Waals surface area contributed by atoms with E-state index in [1.807, 2.05) is 25.1 Å². The van der Waals surface area contributed by atoms with Gasteiger partial charge in [0.05, 0.1) is 24.6 Å². The summed E-state index contributed by atoms with van der Waals surface area (Å²) in [6.07, 6.45) is 3.65. The van der Waals surface area contributed by atoms with E-state index in [1.165, 1.54) is 26.0 Å². The van der Waals surface area contributed by atoms with Crippen LogP contribution >= 0.6 is 0 Å². The fourth-order valence-corrected chi connectivity index (χ4v) is 3.49. The number of amides is 1. The lowest BCUT2D eigenvalue weighted by atomic mass is 9.96.